The molecule has 2 heterocycles. The lowest BCUT2D eigenvalue weighted by atomic mass is 10.2. The number of hydrogen-bond donors (Lipinski definition) is 1. The van der Waals surface area contributed by atoms with E-state index in [2.05, 4.69) is 0 Å². The van der Waals surface area contributed by atoms with Gasteiger partial charge in [-0.1, -0.05) is 0 Å². The Labute approximate surface area is 77.8 Å². The van der Waals surface area contributed by atoms with Crippen LogP contribution in [0.5, 0.6) is 5.75 Å². The van der Waals surface area contributed by atoms with Gasteiger partial charge in [-0.25, -0.2) is 9.18 Å². The predicted octanol–water partition coefficient (Wildman–Crippen LogP) is 1.91. The van der Waals surface area contributed by atoms with Crippen molar-refractivity contribution in [2.75, 3.05) is 6.61 Å². The molecule has 13 heavy (non-hydrogen) atoms. The maximum absolute atomic E-state index is 13.3. The zero-order valence-electron chi connectivity index (χ0n) is 6.67. The number of thiophene rings is 1. The molecule has 1 N–H and O–H groups in total. The quantitative estimate of drug-likeness (QED) is 0.756. The molecule has 3 nitrogen and oxygen atoms in total. The molecule has 0 radical (unpaired) electrons. The van der Waals surface area contributed by atoms with Gasteiger partial charge in [-0.15, -0.1) is 11.3 Å². The third-order valence-electron chi connectivity index (χ3n) is 1.87. The summed E-state index contributed by atoms with van der Waals surface area (Å²) >= 11 is 0.971. The number of carboxylic acid groups (broad SMARTS) is 1. The lowest BCUT2D eigenvalue weighted by Gasteiger charge is -2.11. The monoisotopic (exact) mass is 202 g/mol. The molecule has 0 bridgehead atoms. The first-order chi connectivity index (χ1) is 6.20. The van der Waals surface area contributed by atoms with Crippen LogP contribution in [0.25, 0.3) is 0 Å². The molecule has 1 aliphatic rings. The van der Waals surface area contributed by atoms with Crippen LogP contribution in [0.3, 0.4) is 0 Å². The zero-order valence-corrected chi connectivity index (χ0v) is 7.49. The molecule has 0 fully saturated rings. The van der Waals surface area contributed by atoms with Crippen molar-refractivity contribution in [3.05, 3.63) is 15.6 Å². The topological polar surface area (TPSA) is 46.5 Å². The third-order valence-corrected chi connectivity index (χ3v) is 3.06. The molecule has 1 aromatic heterocycles. The first-order valence-corrected chi connectivity index (χ1v) is 4.69. The fraction of sp³-hybridized carbons (Fsp3) is 0.375. The summed E-state index contributed by atoms with van der Waals surface area (Å²) in [7, 11) is 0. The van der Waals surface area contributed by atoms with Crippen molar-refractivity contribution >= 4 is 17.3 Å². The van der Waals surface area contributed by atoms with Gasteiger partial charge in [0.05, 0.1) is 11.5 Å². The van der Waals surface area contributed by atoms with E-state index in [4.69, 9.17) is 9.84 Å². The Bertz CT molecular complexity index is 359. The minimum atomic E-state index is -1.22. The lowest BCUT2D eigenvalue weighted by Crippen LogP contribution is -2.06. The average molecular weight is 202 g/mol. The van der Waals surface area contributed by atoms with Crippen LogP contribution in [0.4, 0.5) is 4.39 Å². The van der Waals surface area contributed by atoms with Crippen molar-refractivity contribution in [2.45, 2.75) is 12.8 Å². The number of carboxylic acids is 1. The van der Waals surface area contributed by atoms with E-state index in [9.17, 15) is 9.18 Å². The SMILES string of the molecule is O=C(O)c1sc2c(c1F)OCCC2. The van der Waals surface area contributed by atoms with E-state index in [-0.39, 0.29) is 10.6 Å². The molecule has 0 aromatic carbocycles. The number of aryl methyl sites for hydroxylation is 1. The fourth-order valence-electron chi connectivity index (χ4n) is 1.29. The van der Waals surface area contributed by atoms with Crippen LogP contribution in [0, 0.1) is 5.82 Å². The van der Waals surface area contributed by atoms with E-state index in [1.54, 1.807) is 0 Å². The maximum atomic E-state index is 13.3. The molecule has 0 saturated heterocycles. The molecule has 0 amide bonds. The average Bonchev–Trinajstić information content (AvgIpc) is 2.45. The molecule has 0 unspecified atom stereocenters. The predicted molar refractivity (Wildman–Crippen MR) is 45.1 cm³/mol. The van der Waals surface area contributed by atoms with Crippen molar-refractivity contribution in [1.29, 1.82) is 0 Å². The molecule has 1 aromatic rings. The van der Waals surface area contributed by atoms with E-state index in [0.717, 1.165) is 17.8 Å². The summed E-state index contributed by atoms with van der Waals surface area (Å²) in [6, 6.07) is 0. The van der Waals surface area contributed by atoms with Gasteiger partial charge in [0.15, 0.2) is 16.4 Å². The fourth-order valence-corrected chi connectivity index (χ4v) is 2.30. The van der Waals surface area contributed by atoms with Gasteiger partial charge in [0.2, 0.25) is 0 Å². The smallest absolute Gasteiger partial charge is 0.349 e. The minimum absolute atomic E-state index is 0.147. The van der Waals surface area contributed by atoms with Gasteiger partial charge >= 0.3 is 5.97 Å². The molecule has 70 valence electrons. The first-order valence-electron chi connectivity index (χ1n) is 3.87. The van der Waals surface area contributed by atoms with Crippen LogP contribution in [0.15, 0.2) is 0 Å². The number of hydrogen-bond acceptors (Lipinski definition) is 3. The number of ether oxygens (including phenoxy) is 1. The van der Waals surface area contributed by atoms with E-state index in [1.165, 1.54) is 0 Å². The highest BCUT2D eigenvalue weighted by Gasteiger charge is 2.25. The van der Waals surface area contributed by atoms with Crippen LogP contribution in [0.1, 0.15) is 21.0 Å². The second kappa shape index (κ2) is 2.99. The lowest BCUT2D eigenvalue weighted by molar-refractivity contribution is 0.0697. The second-order valence-electron chi connectivity index (χ2n) is 2.75. The van der Waals surface area contributed by atoms with Crippen LogP contribution in [-0.4, -0.2) is 17.7 Å². The molecule has 0 atom stereocenters. The summed E-state index contributed by atoms with van der Waals surface area (Å²) in [6.45, 7) is 0.472. The standard InChI is InChI=1S/C8H7FO3S/c9-5-6-4(2-1-3-12-6)13-7(5)8(10)11/h1-3H2,(H,10,11). The second-order valence-corrected chi connectivity index (χ2v) is 3.86. The molecule has 0 aliphatic carbocycles. The Balaban J connectivity index is 2.50. The first kappa shape index (κ1) is 8.50. The summed E-state index contributed by atoms with van der Waals surface area (Å²) in [4.78, 5) is 11.0. The summed E-state index contributed by atoms with van der Waals surface area (Å²) in [5.74, 6) is -1.79. The van der Waals surface area contributed by atoms with Crippen molar-refractivity contribution in [1.82, 2.24) is 0 Å². The largest absolute Gasteiger partial charge is 0.489 e. The molecule has 5 heteroatoms. The Kier molecular flexibility index (Phi) is 1.95. The number of fused-ring (bicyclic) bond motifs is 1. The van der Waals surface area contributed by atoms with Gasteiger partial charge in [0, 0.05) is 0 Å². The Morgan fingerprint density at radius 1 is 1.62 bits per heavy atom. The summed E-state index contributed by atoms with van der Waals surface area (Å²) in [5, 5.41) is 8.63. The number of carbonyl (C=O) groups is 1. The van der Waals surface area contributed by atoms with Crippen molar-refractivity contribution in [3.63, 3.8) is 0 Å². The van der Waals surface area contributed by atoms with Crippen LogP contribution in [0.2, 0.25) is 0 Å². The van der Waals surface area contributed by atoms with E-state index < -0.39 is 11.8 Å². The normalized spacial score (nSPS) is 14.8. The Hall–Kier alpha value is -1.10. The van der Waals surface area contributed by atoms with E-state index in [1.807, 2.05) is 0 Å². The van der Waals surface area contributed by atoms with E-state index in [0.29, 0.717) is 17.9 Å². The molecule has 0 saturated carbocycles. The van der Waals surface area contributed by atoms with Gasteiger partial charge < -0.3 is 9.84 Å². The Morgan fingerprint density at radius 2 is 2.38 bits per heavy atom. The highest BCUT2D eigenvalue weighted by Crippen LogP contribution is 2.37. The summed E-state index contributed by atoms with van der Waals surface area (Å²) in [5.41, 5.74) is 0. The van der Waals surface area contributed by atoms with E-state index >= 15 is 0 Å². The van der Waals surface area contributed by atoms with Crippen LogP contribution in [-0.2, 0) is 6.42 Å². The van der Waals surface area contributed by atoms with Crippen LogP contribution < -0.4 is 4.74 Å². The molecular formula is C8H7FO3S. The summed E-state index contributed by atoms with van der Waals surface area (Å²) < 4.78 is 18.3. The van der Waals surface area contributed by atoms with Crippen molar-refractivity contribution < 1.29 is 19.0 Å². The molecule has 2 rings (SSSR count). The van der Waals surface area contributed by atoms with Gasteiger partial charge in [-0.3, -0.25) is 0 Å². The van der Waals surface area contributed by atoms with Crippen LogP contribution >= 0.6 is 11.3 Å². The van der Waals surface area contributed by atoms with Gasteiger partial charge in [-0.05, 0) is 12.8 Å². The highest BCUT2D eigenvalue weighted by atomic mass is 32.1. The van der Waals surface area contributed by atoms with Gasteiger partial charge in [0.1, 0.15) is 0 Å². The maximum Gasteiger partial charge on any atom is 0.349 e. The number of rotatable bonds is 1. The van der Waals surface area contributed by atoms with Crippen molar-refractivity contribution in [3.8, 4) is 5.75 Å². The van der Waals surface area contributed by atoms with Gasteiger partial charge in [-0.2, -0.15) is 0 Å². The van der Waals surface area contributed by atoms with Crippen molar-refractivity contribution in [2.24, 2.45) is 0 Å². The zero-order chi connectivity index (χ0) is 9.42. The minimum Gasteiger partial charge on any atom is -0.489 e. The van der Waals surface area contributed by atoms with Gasteiger partial charge in [0.25, 0.3) is 0 Å². The number of aromatic carboxylic acids is 1. The molecular weight excluding hydrogens is 195 g/mol. The number of halogens is 1. The third kappa shape index (κ3) is 1.29. The molecule has 1 aliphatic heterocycles. The highest BCUT2D eigenvalue weighted by molar-refractivity contribution is 7.14. The summed E-state index contributed by atoms with van der Waals surface area (Å²) in [6.07, 6.45) is 1.54. The molecule has 0 spiro atoms. The Morgan fingerprint density at radius 3 is 3.00 bits per heavy atom.